The van der Waals surface area contributed by atoms with Crippen LogP contribution in [0.5, 0.6) is 0 Å². The Morgan fingerprint density at radius 2 is 2.00 bits per heavy atom. The molecule has 112 valence electrons. The third-order valence-corrected chi connectivity index (χ3v) is 5.37. The molecule has 1 aromatic heterocycles. The first-order chi connectivity index (χ1) is 9.69. The summed E-state index contributed by atoms with van der Waals surface area (Å²) in [6, 6.07) is 2.63. The fourth-order valence-corrected chi connectivity index (χ4v) is 4.00. The van der Waals surface area contributed by atoms with Gasteiger partial charge in [0.2, 0.25) is 0 Å². The van der Waals surface area contributed by atoms with Crippen molar-refractivity contribution in [1.82, 2.24) is 9.47 Å². The van der Waals surface area contributed by atoms with E-state index in [0.29, 0.717) is 0 Å². The first-order valence-corrected chi connectivity index (χ1v) is 8.36. The molecule has 1 aliphatic carbocycles. The summed E-state index contributed by atoms with van der Waals surface area (Å²) in [5, 5.41) is 0. The lowest BCUT2D eigenvalue weighted by molar-refractivity contribution is 0.180. The van der Waals surface area contributed by atoms with Gasteiger partial charge in [-0.15, -0.1) is 0 Å². The molecule has 3 nitrogen and oxygen atoms in total. The summed E-state index contributed by atoms with van der Waals surface area (Å²) >= 11 is 0. The molecule has 1 fully saturated rings. The predicted octanol–water partition coefficient (Wildman–Crippen LogP) is 2.86. The fraction of sp³-hybridized carbons (Fsp3) is 0.765. The number of hydrogen-bond acceptors (Lipinski definition) is 2. The van der Waals surface area contributed by atoms with Gasteiger partial charge in [-0.25, -0.2) is 0 Å². The molecule has 0 aromatic carbocycles. The highest BCUT2D eigenvalue weighted by molar-refractivity contribution is 5.32. The lowest BCUT2D eigenvalue weighted by Crippen LogP contribution is -2.35. The van der Waals surface area contributed by atoms with Crippen molar-refractivity contribution in [3.63, 3.8) is 0 Å². The maximum Gasteiger partial charge on any atom is 0.0313 e. The number of likely N-dealkylation sites (tertiary alicyclic amines) is 1. The van der Waals surface area contributed by atoms with Crippen LogP contribution in [0, 0.1) is 12.8 Å². The Morgan fingerprint density at radius 3 is 2.70 bits per heavy atom. The summed E-state index contributed by atoms with van der Waals surface area (Å²) in [5.74, 6) is 0.853. The van der Waals surface area contributed by atoms with Crippen molar-refractivity contribution in [2.24, 2.45) is 11.7 Å². The molecule has 0 bridgehead atoms. The molecule has 1 unspecified atom stereocenters. The number of hydrogen-bond donors (Lipinski definition) is 1. The molecule has 2 aliphatic rings. The minimum atomic E-state index is 0.278. The Balaban J connectivity index is 1.72. The van der Waals surface area contributed by atoms with E-state index < -0.39 is 0 Å². The summed E-state index contributed by atoms with van der Waals surface area (Å²) in [5.41, 5.74) is 10.7. The predicted molar refractivity (Wildman–Crippen MR) is 83.9 cm³/mol. The maximum absolute atomic E-state index is 6.28. The topological polar surface area (TPSA) is 34.2 Å². The molecule has 20 heavy (non-hydrogen) atoms. The zero-order chi connectivity index (χ0) is 14.1. The number of aryl methyl sites for hydroxylation is 1. The summed E-state index contributed by atoms with van der Waals surface area (Å²) in [6.45, 7) is 9.51. The van der Waals surface area contributed by atoms with Crippen molar-refractivity contribution < 1.29 is 0 Å². The lowest BCUT2D eigenvalue weighted by Gasteiger charge is -2.32. The van der Waals surface area contributed by atoms with Crippen LogP contribution in [-0.2, 0) is 13.0 Å². The standard InChI is InChI=1S/C17H29N3/c1-3-19-9-7-14(8-10-19)12-20-13(2)11-15-16(18)5-4-6-17(15)20/h11,14,16H,3-10,12,18H2,1-2H3. The van der Waals surface area contributed by atoms with Gasteiger partial charge in [-0.3, -0.25) is 0 Å². The summed E-state index contributed by atoms with van der Waals surface area (Å²) in [6.07, 6.45) is 6.35. The SMILES string of the molecule is CCN1CCC(Cn2c(C)cc3c2CCCC3N)CC1. The summed E-state index contributed by atoms with van der Waals surface area (Å²) in [7, 11) is 0. The minimum absolute atomic E-state index is 0.278. The van der Waals surface area contributed by atoms with Crippen LogP contribution in [0.2, 0.25) is 0 Å². The largest absolute Gasteiger partial charge is 0.348 e. The molecule has 3 heteroatoms. The van der Waals surface area contributed by atoms with Crippen LogP contribution in [0.1, 0.15) is 55.6 Å². The lowest BCUT2D eigenvalue weighted by atomic mass is 9.93. The molecule has 1 aliphatic heterocycles. The Morgan fingerprint density at radius 1 is 1.25 bits per heavy atom. The van der Waals surface area contributed by atoms with E-state index in [1.165, 1.54) is 63.1 Å². The van der Waals surface area contributed by atoms with Crippen LogP contribution < -0.4 is 5.73 Å². The number of fused-ring (bicyclic) bond motifs is 1. The molecule has 2 heterocycles. The minimum Gasteiger partial charge on any atom is -0.348 e. The second kappa shape index (κ2) is 5.90. The molecule has 0 spiro atoms. The van der Waals surface area contributed by atoms with Crippen LogP contribution in [0.4, 0.5) is 0 Å². The van der Waals surface area contributed by atoms with Gasteiger partial charge in [0.15, 0.2) is 0 Å². The van der Waals surface area contributed by atoms with Gasteiger partial charge in [0.1, 0.15) is 0 Å². The van der Waals surface area contributed by atoms with Gasteiger partial charge in [0, 0.05) is 24.0 Å². The monoisotopic (exact) mass is 275 g/mol. The van der Waals surface area contributed by atoms with Crippen LogP contribution >= 0.6 is 0 Å². The van der Waals surface area contributed by atoms with Gasteiger partial charge in [0.05, 0.1) is 0 Å². The highest BCUT2D eigenvalue weighted by atomic mass is 15.1. The van der Waals surface area contributed by atoms with Crippen molar-refractivity contribution >= 4 is 0 Å². The molecule has 1 aromatic rings. The Hall–Kier alpha value is -0.800. The maximum atomic E-state index is 6.28. The van der Waals surface area contributed by atoms with Gasteiger partial charge in [-0.1, -0.05) is 6.92 Å². The third-order valence-electron chi connectivity index (χ3n) is 5.37. The quantitative estimate of drug-likeness (QED) is 0.920. The van der Waals surface area contributed by atoms with Gasteiger partial charge in [-0.05, 0) is 76.2 Å². The van der Waals surface area contributed by atoms with E-state index in [4.69, 9.17) is 5.73 Å². The Labute approximate surface area is 123 Å². The van der Waals surface area contributed by atoms with Gasteiger partial charge < -0.3 is 15.2 Å². The van der Waals surface area contributed by atoms with E-state index in [0.717, 1.165) is 12.3 Å². The number of nitrogens with zero attached hydrogens (tertiary/aromatic N) is 2. The Bertz CT molecular complexity index is 455. The normalized spacial score (nSPS) is 24.9. The zero-order valence-corrected chi connectivity index (χ0v) is 13.1. The van der Waals surface area contributed by atoms with E-state index in [9.17, 15) is 0 Å². The van der Waals surface area contributed by atoms with E-state index >= 15 is 0 Å². The highest BCUT2D eigenvalue weighted by Gasteiger charge is 2.24. The average molecular weight is 275 g/mol. The van der Waals surface area contributed by atoms with Gasteiger partial charge in [-0.2, -0.15) is 0 Å². The number of nitrogens with two attached hydrogens (primary N) is 1. The first kappa shape index (κ1) is 14.2. The molecular weight excluding hydrogens is 246 g/mol. The molecule has 0 saturated carbocycles. The molecule has 0 radical (unpaired) electrons. The average Bonchev–Trinajstić information content (AvgIpc) is 2.78. The van der Waals surface area contributed by atoms with Crippen molar-refractivity contribution in [2.45, 2.75) is 58.5 Å². The van der Waals surface area contributed by atoms with Gasteiger partial charge >= 0.3 is 0 Å². The number of aromatic nitrogens is 1. The van der Waals surface area contributed by atoms with Crippen molar-refractivity contribution in [2.75, 3.05) is 19.6 Å². The molecule has 1 saturated heterocycles. The number of rotatable bonds is 3. The summed E-state index contributed by atoms with van der Waals surface area (Å²) < 4.78 is 2.58. The van der Waals surface area contributed by atoms with Crippen LogP contribution in [0.25, 0.3) is 0 Å². The highest BCUT2D eigenvalue weighted by Crippen LogP contribution is 2.32. The smallest absolute Gasteiger partial charge is 0.0313 e. The third kappa shape index (κ3) is 2.66. The van der Waals surface area contributed by atoms with Crippen LogP contribution in [0.15, 0.2) is 6.07 Å². The van der Waals surface area contributed by atoms with Crippen molar-refractivity contribution in [3.8, 4) is 0 Å². The summed E-state index contributed by atoms with van der Waals surface area (Å²) in [4.78, 5) is 2.57. The Kier molecular flexibility index (Phi) is 4.18. The van der Waals surface area contributed by atoms with Gasteiger partial charge in [0.25, 0.3) is 0 Å². The second-order valence-electron chi connectivity index (χ2n) is 6.67. The van der Waals surface area contributed by atoms with Crippen LogP contribution in [-0.4, -0.2) is 29.1 Å². The molecule has 3 rings (SSSR count). The van der Waals surface area contributed by atoms with Crippen molar-refractivity contribution in [1.29, 1.82) is 0 Å². The molecule has 0 amide bonds. The van der Waals surface area contributed by atoms with Crippen LogP contribution in [0.3, 0.4) is 0 Å². The zero-order valence-electron chi connectivity index (χ0n) is 13.1. The second-order valence-corrected chi connectivity index (χ2v) is 6.67. The van der Waals surface area contributed by atoms with E-state index in [2.05, 4.69) is 29.4 Å². The van der Waals surface area contributed by atoms with E-state index in [1.807, 2.05) is 0 Å². The van der Waals surface area contributed by atoms with E-state index in [1.54, 1.807) is 5.69 Å². The fourth-order valence-electron chi connectivity index (χ4n) is 4.00. The first-order valence-electron chi connectivity index (χ1n) is 8.36. The molecular formula is C17H29N3. The van der Waals surface area contributed by atoms with E-state index in [-0.39, 0.29) is 6.04 Å². The molecule has 2 N–H and O–H groups in total. The molecule has 1 atom stereocenters. The van der Waals surface area contributed by atoms with Crippen molar-refractivity contribution in [3.05, 3.63) is 23.0 Å². The number of piperidine rings is 1.